The molecule has 0 amide bonds. The zero-order valence-corrected chi connectivity index (χ0v) is 10.2. The number of hydrogen-bond donors (Lipinski definition) is 2. The monoisotopic (exact) mass is 221 g/mol. The minimum Gasteiger partial charge on any atom is -0.333 e. The maximum atomic E-state index is 4.50. The Morgan fingerprint density at radius 3 is 2.75 bits per heavy atom. The Bertz CT molecular complexity index is 290. The molecule has 0 aromatic rings. The van der Waals surface area contributed by atoms with Crippen molar-refractivity contribution in [1.82, 2.24) is 5.32 Å². The molecule has 3 heteroatoms. The second kappa shape index (κ2) is 5.11. The van der Waals surface area contributed by atoms with Gasteiger partial charge in [0.1, 0.15) is 0 Å². The lowest BCUT2D eigenvalue weighted by Gasteiger charge is -2.39. The van der Waals surface area contributed by atoms with Gasteiger partial charge in [-0.05, 0) is 49.6 Å². The van der Waals surface area contributed by atoms with Gasteiger partial charge in [-0.3, -0.25) is 4.99 Å². The van der Waals surface area contributed by atoms with Crippen LogP contribution in [0.3, 0.4) is 0 Å². The van der Waals surface area contributed by atoms with Gasteiger partial charge < -0.3 is 11.1 Å². The Kier molecular flexibility index (Phi) is 3.77. The van der Waals surface area contributed by atoms with Crippen molar-refractivity contribution in [3.05, 3.63) is 11.6 Å². The molecule has 2 heterocycles. The highest BCUT2D eigenvalue weighted by atomic mass is 15.0. The van der Waals surface area contributed by atoms with Crippen LogP contribution in [0.1, 0.15) is 25.7 Å². The molecular formula is C13H23N3. The largest absolute Gasteiger partial charge is 0.333 e. The smallest absolute Gasteiger partial charge is 0.0424 e. The van der Waals surface area contributed by atoms with E-state index < -0.39 is 0 Å². The van der Waals surface area contributed by atoms with E-state index in [-0.39, 0.29) is 0 Å². The quantitative estimate of drug-likeness (QED) is 0.702. The maximum Gasteiger partial charge on any atom is 0.0424 e. The van der Waals surface area contributed by atoms with Crippen LogP contribution in [0.4, 0.5) is 0 Å². The fraction of sp³-hybridized carbons (Fsp3) is 0.769. The van der Waals surface area contributed by atoms with E-state index in [0.29, 0.717) is 5.41 Å². The molecule has 0 aromatic heterocycles. The van der Waals surface area contributed by atoms with Crippen LogP contribution in [-0.4, -0.2) is 32.9 Å². The molecule has 0 radical (unpaired) electrons. The summed E-state index contributed by atoms with van der Waals surface area (Å²) in [6.07, 6.45) is 9.91. The first-order chi connectivity index (χ1) is 7.88. The van der Waals surface area contributed by atoms with E-state index in [1.165, 1.54) is 45.0 Å². The molecule has 90 valence electrons. The Hall–Kier alpha value is -0.670. The van der Waals surface area contributed by atoms with Crippen molar-refractivity contribution in [1.29, 1.82) is 0 Å². The van der Waals surface area contributed by atoms with Gasteiger partial charge in [-0.15, -0.1) is 0 Å². The molecule has 0 aromatic carbocycles. The molecule has 3 nitrogen and oxygen atoms in total. The Labute approximate surface area is 98.2 Å². The number of aliphatic imine (C=N–C) groups is 1. The molecule has 3 N–H and O–H groups in total. The van der Waals surface area contributed by atoms with Gasteiger partial charge in [0.05, 0.1) is 0 Å². The normalized spacial score (nSPS) is 30.4. The zero-order chi connectivity index (χ0) is 11.4. The van der Waals surface area contributed by atoms with Crippen LogP contribution in [-0.2, 0) is 0 Å². The van der Waals surface area contributed by atoms with Gasteiger partial charge >= 0.3 is 0 Å². The number of nitrogens with two attached hydrogens (primary N) is 1. The molecule has 3 rings (SSSR count). The first-order valence-corrected chi connectivity index (χ1v) is 6.36. The van der Waals surface area contributed by atoms with Gasteiger partial charge in [-0.1, -0.05) is 6.08 Å². The molecular weight excluding hydrogens is 198 g/mol. The Balaban J connectivity index is 0.000000457. The van der Waals surface area contributed by atoms with Crippen LogP contribution >= 0.6 is 0 Å². The van der Waals surface area contributed by atoms with Crippen molar-refractivity contribution in [2.24, 2.45) is 22.1 Å². The van der Waals surface area contributed by atoms with Gasteiger partial charge in [0.2, 0.25) is 0 Å². The van der Waals surface area contributed by atoms with E-state index in [9.17, 15) is 0 Å². The molecule has 3 aliphatic rings. The standard InChI is InChI=1S/C12H18N2.CH5N/c1-2-11(7-13-5-1)10-3-4-12(6-10)8-14-9-12;1-2/h2,7,10,14H,1,3-6,8-9H2;2H2,1H3. The van der Waals surface area contributed by atoms with Crippen molar-refractivity contribution in [3.63, 3.8) is 0 Å². The third-order valence-electron chi connectivity index (χ3n) is 4.05. The lowest BCUT2D eigenvalue weighted by atomic mass is 9.79. The van der Waals surface area contributed by atoms with Crippen molar-refractivity contribution in [2.45, 2.75) is 25.7 Å². The molecule has 2 aliphatic heterocycles. The lowest BCUT2D eigenvalue weighted by molar-refractivity contribution is 0.173. The van der Waals surface area contributed by atoms with Crippen LogP contribution in [0.2, 0.25) is 0 Å². The maximum absolute atomic E-state index is 4.50. The summed E-state index contributed by atoms with van der Waals surface area (Å²) in [5.41, 5.74) is 6.71. The molecule has 1 saturated heterocycles. The summed E-state index contributed by atoms with van der Waals surface area (Å²) < 4.78 is 0. The molecule has 0 bridgehead atoms. The van der Waals surface area contributed by atoms with Crippen LogP contribution in [0.5, 0.6) is 0 Å². The van der Waals surface area contributed by atoms with Crippen LogP contribution in [0.15, 0.2) is 16.6 Å². The van der Waals surface area contributed by atoms with Gasteiger partial charge in [0.15, 0.2) is 0 Å². The molecule has 1 saturated carbocycles. The van der Waals surface area contributed by atoms with Gasteiger partial charge in [0.25, 0.3) is 0 Å². The van der Waals surface area contributed by atoms with E-state index in [4.69, 9.17) is 0 Å². The summed E-state index contributed by atoms with van der Waals surface area (Å²) in [4.78, 5) is 4.39. The Morgan fingerprint density at radius 2 is 2.25 bits per heavy atom. The lowest BCUT2D eigenvalue weighted by Crippen LogP contribution is -2.51. The minimum absolute atomic E-state index is 0.677. The zero-order valence-electron chi connectivity index (χ0n) is 10.2. The summed E-state index contributed by atoms with van der Waals surface area (Å²) in [7, 11) is 1.50. The number of nitrogens with one attached hydrogen (secondary N) is 1. The van der Waals surface area contributed by atoms with Gasteiger partial charge in [-0.25, -0.2) is 0 Å². The van der Waals surface area contributed by atoms with Gasteiger partial charge in [0, 0.05) is 25.8 Å². The van der Waals surface area contributed by atoms with E-state index in [1.54, 1.807) is 0 Å². The highest BCUT2D eigenvalue weighted by Gasteiger charge is 2.44. The van der Waals surface area contributed by atoms with Crippen molar-refractivity contribution in [3.8, 4) is 0 Å². The average Bonchev–Trinajstić information content (AvgIpc) is 2.78. The predicted octanol–water partition coefficient (Wildman–Crippen LogP) is 1.35. The number of rotatable bonds is 1. The SMILES string of the molecule is C1=NCCC=C1C1CCC2(CNC2)C1.CN. The van der Waals surface area contributed by atoms with Crippen molar-refractivity contribution >= 4 is 6.21 Å². The predicted molar refractivity (Wildman–Crippen MR) is 68.8 cm³/mol. The topological polar surface area (TPSA) is 50.4 Å². The molecule has 2 fully saturated rings. The number of allylic oxidation sites excluding steroid dienone is 1. The average molecular weight is 221 g/mol. The fourth-order valence-electron chi connectivity index (χ4n) is 3.09. The highest BCUT2D eigenvalue weighted by Crippen LogP contribution is 2.46. The summed E-state index contributed by atoms with van der Waals surface area (Å²) in [5.74, 6) is 0.821. The summed E-state index contributed by atoms with van der Waals surface area (Å²) in [6, 6.07) is 0. The van der Waals surface area contributed by atoms with Gasteiger partial charge in [-0.2, -0.15) is 0 Å². The van der Waals surface area contributed by atoms with Crippen LogP contribution in [0.25, 0.3) is 0 Å². The number of hydrogen-bond acceptors (Lipinski definition) is 3. The molecule has 1 atom stereocenters. The third kappa shape index (κ3) is 2.20. The fourth-order valence-corrected chi connectivity index (χ4v) is 3.09. The first-order valence-electron chi connectivity index (χ1n) is 6.36. The second-order valence-corrected chi connectivity index (χ2v) is 5.07. The van der Waals surface area contributed by atoms with Crippen LogP contribution in [0, 0.1) is 11.3 Å². The number of nitrogens with zero attached hydrogens (tertiary/aromatic N) is 1. The summed E-state index contributed by atoms with van der Waals surface area (Å²) in [6.45, 7) is 3.52. The van der Waals surface area contributed by atoms with Crippen molar-refractivity contribution in [2.75, 3.05) is 26.7 Å². The van der Waals surface area contributed by atoms with E-state index >= 15 is 0 Å². The molecule has 1 spiro atoms. The molecule has 1 aliphatic carbocycles. The minimum atomic E-state index is 0.677. The Morgan fingerprint density at radius 1 is 1.44 bits per heavy atom. The molecule has 1 unspecified atom stereocenters. The summed E-state index contributed by atoms with van der Waals surface area (Å²) >= 11 is 0. The summed E-state index contributed by atoms with van der Waals surface area (Å²) in [5, 5.41) is 3.41. The third-order valence-corrected chi connectivity index (χ3v) is 4.05. The van der Waals surface area contributed by atoms with E-state index in [0.717, 1.165) is 18.9 Å². The van der Waals surface area contributed by atoms with Crippen LogP contribution < -0.4 is 11.1 Å². The first kappa shape index (κ1) is 11.8. The van der Waals surface area contributed by atoms with Crippen molar-refractivity contribution < 1.29 is 0 Å². The van der Waals surface area contributed by atoms with E-state index in [2.05, 4.69) is 28.3 Å². The second-order valence-electron chi connectivity index (χ2n) is 5.07. The van der Waals surface area contributed by atoms with E-state index in [1.807, 2.05) is 0 Å². The number of dihydropyridines is 1. The molecule has 16 heavy (non-hydrogen) atoms. The highest BCUT2D eigenvalue weighted by molar-refractivity contribution is 5.80.